The van der Waals surface area contributed by atoms with Crippen LogP contribution in [0.4, 0.5) is 0 Å². The Morgan fingerprint density at radius 2 is 1.53 bits per heavy atom. The number of hydrogen-bond donors (Lipinski definition) is 1. The average molecular weight is 502 g/mol. The van der Waals surface area contributed by atoms with Crippen molar-refractivity contribution in [3.05, 3.63) is 34.5 Å². The zero-order valence-electron chi connectivity index (χ0n) is 21.3. The second kappa shape index (κ2) is 12.1. The van der Waals surface area contributed by atoms with Gasteiger partial charge in [0, 0.05) is 24.2 Å². The number of ether oxygens (including phenoxy) is 6. The minimum absolute atomic E-state index is 0.0726. The van der Waals surface area contributed by atoms with Gasteiger partial charge in [0.1, 0.15) is 22.5 Å². The summed E-state index contributed by atoms with van der Waals surface area (Å²) in [5, 5.41) is 2.91. The van der Waals surface area contributed by atoms with Gasteiger partial charge in [0.15, 0.2) is 23.9 Å². The summed E-state index contributed by atoms with van der Waals surface area (Å²) in [6.07, 6.45) is 1.77. The lowest BCUT2D eigenvalue weighted by Crippen LogP contribution is -2.30. The maximum Gasteiger partial charge on any atom is 0.257 e. The Bertz CT molecular complexity index is 1260. The highest BCUT2D eigenvalue weighted by Gasteiger charge is 2.24. The summed E-state index contributed by atoms with van der Waals surface area (Å²) < 4.78 is 39.0. The lowest BCUT2D eigenvalue weighted by atomic mass is 10.1. The number of unbranched alkanes of at least 4 members (excludes halogenated alkanes) is 1. The van der Waals surface area contributed by atoms with Crippen LogP contribution in [0.5, 0.6) is 34.5 Å². The van der Waals surface area contributed by atoms with Gasteiger partial charge in [-0.25, -0.2) is 0 Å². The van der Waals surface area contributed by atoms with Crippen LogP contribution in [0, 0.1) is 0 Å². The molecule has 0 atom stereocenters. The lowest BCUT2D eigenvalue weighted by molar-refractivity contribution is -0.123. The molecule has 0 fully saturated rings. The van der Waals surface area contributed by atoms with Gasteiger partial charge in [-0.3, -0.25) is 9.59 Å². The zero-order valence-corrected chi connectivity index (χ0v) is 21.3. The monoisotopic (exact) mass is 501 g/mol. The van der Waals surface area contributed by atoms with E-state index in [2.05, 4.69) is 5.32 Å². The van der Waals surface area contributed by atoms with Gasteiger partial charge in [-0.2, -0.15) is 0 Å². The van der Waals surface area contributed by atoms with Gasteiger partial charge in [0.05, 0.1) is 35.5 Å². The maximum atomic E-state index is 13.7. The lowest BCUT2D eigenvalue weighted by Gasteiger charge is -2.16. The molecule has 0 saturated carbocycles. The molecular formula is C26H31NO9. The number of rotatable bonds is 12. The fraction of sp³-hybridized carbons (Fsp3) is 0.385. The van der Waals surface area contributed by atoms with Crippen LogP contribution in [0.3, 0.4) is 0 Å². The zero-order chi connectivity index (χ0) is 26.2. The summed E-state index contributed by atoms with van der Waals surface area (Å²) >= 11 is 0. The topological polar surface area (TPSA) is 115 Å². The van der Waals surface area contributed by atoms with Gasteiger partial charge < -0.3 is 38.2 Å². The van der Waals surface area contributed by atoms with E-state index in [0.717, 1.165) is 12.8 Å². The molecule has 10 nitrogen and oxygen atoms in total. The number of benzene rings is 2. The highest BCUT2D eigenvalue weighted by Crippen LogP contribution is 2.44. The highest BCUT2D eigenvalue weighted by molar-refractivity contribution is 5.89. The van der Waals surface area contributed by atoms with Crippen LogP contribution in [-0.2, 0) is 4.79 Å². The van der Waals surface area contributed by atoms with E-state index in [-0.39, 0.29) is 40.7 Å². The first-order valence-electron chi connectivity index (χ1n) is 11.3. The van der Waals surface area contributed by atoms with Gasteiger partial charge in [-0.15, -0.1) is 0 Å². The van der Waals surface area contributed by atoms with Crippen LogP contribution < -0.4 is 39.2 Å². The third kappa shape index (κ3) is 5.42. The number of carbonyl (C=O) groups excluding carboxylic acids is 1. The largest absolute Gasteiger partial charge is 0.496 e. The molecule has 0 bridgehead atoms. The summed E-state index contributed by atoms with van der Waals surface area (Å²) in [4.78, 5) is 26.0. The van der Waals surface area contributed by atoms with E-state index in [4.69, 9.17) is 32.8 Å². The van der Waals surface area contributed by atoms with Gasteiger partial charge in [-0.05, 0) is 18.6 Å². The smallest absolute Gasteiger partial charge is 0.257 e. The van der Waals surface area contributed by atoms with Crippen molar-refractivity contribution in [1.82, 2.24) is 5.32 Å². The van der Waals surface area contributed by atoms with Crippen LogP contribution in [-0.4, -0.2) is 54.6 Å². The van der Waals surface area contributed by atoms with Crippen molar-refractivity contribution >= 4 is 16.9 Å². The first kappa shape index (κ1) is 26.5. The number of nitrogens with one attached hydrogen (secondary N) is 1. The van der Waals surface area contributed by atoms with E-state index in [1.165, 1.54) is 35.5 Å². The molecule has 1 amide bonds. The van der Waals surface area contributed by atoms with Gasteiger partial charge >= 0.3 is 0 Å². The Balaban J connectivity index is 2.24. The molecule has 36 heavy (non-hydrogen) atoms. The molecule has 0 spiro atoms. The van der Waals surface area contributed by atoms with E-state index in [1.54, 1.807) is 24.3 Å². The van der Waals surface area contributed by atoms with Gasteiger partial charge in [-0.1, -0.05) is 13.3 Å². The van der Waals surface area contributed by atoms with Crippen molar-refractivity contribution in [3.8, 4) is 45.8 Å². The first-order chi connectivity index (χ1) is 17.4. The Labute approximate surface area is 209 Å². The first-order valence-corrected chi connectivity index (χ1v) is 11.3. The fourth-order valence-corrected chi connectivity index (χ4v) is 3.65. The summed E-state index contributed by atoms with van der Waals surface area (Å²) in [5.74, 6) is 1.29. The average Bonchev–Trinajstić information content (AvgIpc) is 2.90. The van der Waals surface area contributed by atoms with E-state index < -0.39 is 5.43 Å². The van der Waals surface area contributed by atoms with Crippen LogP contribution in [0.2, 0.25) is 0 Å². The van der Waals surface area contributed by atoms with Crippen molar-refractivity contribution in [1.29, 1.82) is 0 Å². The van der Waals surface area contributed by atoms with Crippen LogP contribution >= 0.6 is 0 Å². The summed E-state index contributed by atoms with van der Waals surface area (Å²) in [6.45, 7) is 2.16. The predicted octanol–water partition coefficient (Wildman–Crippen LogP) is 3.80. The Morgan fingerprint density at radius 1 is 0.861 bits per heavy atom. The SMILES string of the molecule is CCCCNC(=O)COc1c(-c2cc(OC)c(OC)c(OC)c2)oc2cc(OC)cc(OC)c2c1=O. The minimum Gasteiger partial charge on any atom is -0.496 e. The summed E-state index contributed by atoms with van der Waals surface area (Å²) in [6, 6.07) is 6.38. The molecule has 3 rings (SSSR count). The fourth-order valence-electron chi connectivity index (χ4n) is 3.65. The van der Waals surface area contributed by atoms with E-state index in [9.17, 15) is 9.59 Å². The minimum atomic E-state index is -0.513. The molecule has 0 aliphatic heterocycles. The van der Waals surface area contributed by atoms with E-state index >= 15 is 0 Å². The summed E-state index contributed by atoms with van der Waals surface area (Å²) in [7, 11) is 7.37. The Kier molecular flexibility index (Phi) is 8.88. The quantitative estimate of drug-likeness (QED) is 0.370. The molecule has 3 aromatic rings. The molecule has 1 aromatic heterocycles. The molecule has 0 saturated heterocycles. The molecule has 0 unspecified atom stereocenters. The standard InChI is InChI=1S/C26H31NO9/c1-7-8-9-27-21(28)14-35-26-23(29)22-17(31-3)12-16(30-2)13-18(22)36-24(26)15-10-19(32-4)25(34-6)20(11-15)33-5/h10-13H,7-9,14H2,1-6H3,(H,27,28). The molecule has 194 valence electrons. The molecule has 1 heterocycles. The molecular weight excluding hydrogens is 470 g/mol. The van der Waals surface area contributed by atoms with Gasteiger partial charge in [0.2, 0.25) is 16.9 Å². The maximum absolute atomic E-state index is 13.7. The van der Waals surface area contributed by atoms with Crippen LogP contribution in [0.1, 0.15) is 19.8 Å². The molecule has 0 radical (unpaired) electrons. The molecule has 0 aliphatic rings. The number of amides is 1. The van der Waals surface area contributed by atoms with E-state index in [1.807, 2.05) is 6.92 Å². The van der Waals surface area contributed by atoms with Crippen molar-refractivity contribution in [2.24, 2.45) is 0 Å². The number of methoxy groups -OCH3 is 5. The number of carbonyl (C=O) groups is 1. The van der Waals surface area contributed by atoms with E-state index in [0.29, 0.717) is 35.1 Å². The normalized spacial score (nSPS) is 10.6. The predicted molar refractivity (Wildman–Crippen MR) is 134 cm³/mol. The van der Waals surface area contributed by atoms with Gasteiger partial charge in [0.25, 0.3) is 5.91 Å². The molecule has 0 aliphatic carbocycles. The molecule has 10 heteroatoms. The summed E-state index contributed by atoms with van der Waals surface area (Å²) in [5.41, 5.74) is 0.104. The second-order valence-electron chi connectivity index (χ2n) is 7.70. The third-order valence-electron chi connectivity index (χ3n) is 5.47. The Hall–Kier alpha value is -4.08. The number of fused-ring (bicyclic) bond motifs is 1. The van der Waals surface area contributed by atoms with Crippen molar-refractivity contribution in [2.45, 2.75) is 19.8 Å². The Morgan fingerprint density at radius 3 is 2.08 bits per heavy atom. The highest BCUT2D eigenvalue weighted by atomic mass is 16.5. The third-order valence-corrected chi connectivity index (χ3v) is 5.47. The van der Waals surface area contributed by atoms with Crippen LogP contribution in [0.15, 0.2) is 33.5 Å². The van der Waals surface area contributed by atoms with Crippen LogP contribution in [0.25, 0.3) is 22.3 Å². The van der Waals surface area contributed by atoms with Crippen molar-refractivity contribution < 1.29 is 37.6 Å². The second-order valence-corrected chi connectivity index (χ2v) is 7.70. The molecule has 2 aromatic carbocycles. The van der Waals surface area contributed by atoms with Crippen molar-refractivity contribution in [3.63, 3.8) is 0 Å². The molecule has 1 N–H and O–H groups in total. The number of hydrogen-bond acceptors (Lipinski definition) is 9. The van der Waals surface area contributed by atoms with Crippen molar-refractivity contribution in [2.75, 3.05) is 48.7 Å².